The number of hydrogen-bond donors (Lipinski definition) is 0. The SMILES string of the molecule is COc1cc(OC)c2c(c1)C(=O)CC(C)(C)CC2. The molecule has 1 aromatic carbocycles. The first-order valence-electron chi connectivity index (χ1n) is 6.25. The molecule has 0 aromatic heterocycles. The largest absolute Gasteiger partial charge is 0.497 e. The molecule has 0 N–H and O–H groups in total. The zero-order chi connectivity index (χ0) is 13.3. The third-order valence-corrected chi connectivity index (χ3v) is 3.63. The van der Waals surface area contributed by atoms with Gasteiger partial charge in [-0.3, -0.25) is 4.79 Å². The van der Waals surface area contributed by atoms with Crippen molar-refractivity contribution in [1.82, 2.24) is 0 Å². The Morgan fingerprint density at radius 1 is 1.17 bits per heavy atom. The van der Waals surface area contributed by atoms with Gasteiger partial charge in [-0.05, 0) is 24.3 Å². The zero-order valence-electron chi connectivity index (χ0n) is 11.5. The van der Waals surface area contributed by atoms with E-state index < -0.39 is 0 Å². The standard InChI is InChI=1S/C15H20O3/c1-15(2)6-5-11-12(13(16)9-15)7-10(17-3)8-14(11)18-4/h7-8H,5-6,9H2,1-4H3. The van der Waals surface area contributed by atoms with Crippen LogP contribution in [0.25, 0.3) is 0 Å². The zero-order valence-corrected chi connectivity index (χ0v) is 11.5. The van der Waals surface area contributed by atoms with E-state index in [1.165, 1.54) is 0 Å². The van der Waals surface area contributed by atoms with Gasteiger partial charge in [0.15, 0.2) is 5.78 Å². The van der Waals surface area contributed by atoms with E-state index in [1.807, 2.05) is 12.1 Å². The molecule has 0 saturated carbocycles. The molecule has 3 nitrogen and oxygen atoms in total. The van der Waals surface area contributed by atoms with Crippen molar-refractivity contribution in [1.29, 1.82) is 0 Å². The van der Waals surface area contributed by atoms with Crippen LogP contribution in [0.1, 0.15) is 42.6 Å². The first-order valence-corrected chi connectivity index (χ1v) is 6.25. The van der Waals surface area contributed by atoms with Crippen molar-refractivity contribution in [2.75, 3.05) is 14.2 Å². The van der Waals surface area contributed by atoms with E-state index in [9.17, 15) is 4.79 Å². The van der Waals surface area contributed by atoms with Gasteiger partial charge in [-0.1, -0.05) is 13.8 Å². The Balaban J connectivity index is 2.54. The minimum absolute atomic E-state index is 0.0500. The van der Waals surface area contributed by atoms with Gasteiger partial charge in [-0.2, -0.15) is 0 Å². The number of ether oxygens (including phenoxy) is 2. The lowest BCUT2D eigenvalue weighted by Crippen LogP contribution is -2.14. The van der Waals surface area contributed by atoms with Gasteiger partial charge in [-0.15, -0.1) is 0 Å². The van der Waals surface area contributed by atoms with Gasteiger partial charge >= 0.3 is 0 Å². The molecular formula is C15H20O3. The normalized spacial score (nSPS) is 17.9. The summed E-state index contributed by atoms with van der Waals surface area (Å²) < 4.78 is 10.6. The Morgan fingerprint density at radius 3 is 2.50 bits per heavy atom. The molecule has 98 valence electrons. The molecule has 0 atom stereocenters. The summed E-state index contributed by atoms with van der Waals surface area (Å²) in [5, 5.41) is 0. The Kier molecular flexibility index (Phi) is 3.33. The second kappa shape index (κ2) is 4.63. The van der Waals surface area contributed by atoms with Crippen LogP contribution in [0, 0.1) is 5.41 Å². The number of benzene rings is 1. The van der Waals surface area contributed by atoms with Gasteiger partial charge in [-0.25, -0.2) is 0 Å². The molecule has 0 heterocycles. The van der Waals surface area contributed by atoms with Crippen molar-refractivity contribution in [2.24, 2.45) is 5.41 Å². The number of carbonyl (C=O) groups excluding carboxylic acids is 1. The van der Waals surface area contributed by atoms with E-state index in [1.54, 1.807) is 14.2 Å². The quantitative estimate of drug-likeness (QED) is 0.754. The molecule has 18 heavy (non-hydrogen) atoms. The van der Waals surface area contributed by atoms with Gasteiger partial charge in [0.05, 0.1) is 14.2 Å². The molecule has 0 radical (unpaired) electrons. The van der Waals surface area contributed by atoms with Gasteiger partial charge in [0.25, 0.3) is 0 Å². The highest BCUT2D eigenvalue weighted by atomic mass is 16.5. The van der Waals surface area contributed by atoms with E-state index in [0.29, 0.717) is 12.2 Å². The van der Waals surface area contributed by atoms with Gasteiger partial charge in [0.1, 0.15) is 11.5 Å². The second-order valence-corrected chi connectivity index (χ2v) is 5.62. The van der Waals surface area contributed by atoms with Crippen LogP contribution in [0.4, 0.5) is 0 Å². The summed E-state index contributed by atoms with van der Waals surface area (Å²) in [6.07, 6.45) is 2.45. The van der Waals surface area contributed by atoms with E-state index in [0.717, 1.165) is 29.7 Å². The van der Waals surface area contributed by atoms with Gasteiger partial charge in [0.2, 0.25) is 0 Å². The predicted octanol–water partition coefficient (Wildman–Crippen LogP) is 3.25. The van der Waals surface area contributed by atoms with E-state index >= 15 is 0 Å². The average molecular weight is 248 g/mol. The van der Waals surface area contributed by atoms with Crippen LogP contribution in [0.15, 0.2) is 12.1 Å². The summed E-state index contributed by atoms with van der Waals surface area (Å²) in [6, 6.07) is 3.69. The molecule has 0 saturated heterocycles. The molecule has 0 fully saturated rings. The van der Waals surface area contributed by atoms with Crippen molar-refractivity contribution in [2.45, 2.75) is 33.1 Å². The van der Waals surface area contributed by atoms with Crippen LogP contribution < -0.4 is 9.47 Å². The Labute approximate surface area is 108 Å². The molecule has 0 unspecified atom stereocenters. The molecule has 1 aliphatic rings. The van der Waals surface area contributed by atoms with Crippen LogP contribution in [0.5, 0.6) is 11.5 Å². The Morgan fingerprint density at radius 2 is 1.89 bits per heavy atom. The van der Waals surface area contributed by atoms with Crippen LogP contribution in [-0.2, 0) is 6.42 Å². The fourth-order valence-electron chi connectivity index (χ4n) is 2.51. The minimum Gasteiger partial charge on any atom is -0.497 e. The first-order chi connectivity index (χ1) is 8.46. The monoisotopic (exact) mass is 248 g/mol. The Hall–Kier alpha value is -1.51. The maximum Gasteiger partial charge on any atom is 0.163 e. The summed E-state index contributed by atoms with van der Waals surface area (Å²) in [5.41, 5.74) is 1.83. The maximum absolute atomic E-state index is 12.3. The number of methoxy groups -OCH3 is 2. The summed E-state index contributed by atoms with van der Waals surface area (Å²) in [5.74, 6) is 1.62. The van der Waals surface area contributed by atoms with Crippen molar-refractivity contribution < 1.29 is 14.3 Å². The van der Waals surface area contributed by atoms with Crippen LogP contribution >= 0.6 is 0 Å². The number of hydrogen-bond acceptors (Lipinski definition) is 3. The topological polar surface area (TPSA) is 35.5 Å². The Bertz CT molecular complexity index is 475. The highest BCUT2D eigenvalue weighted by Crippen LogP contribution is 2.38. The molecular weight excluding hydrogens is 228 g/mol. The fourth-order valence-corrected chi connectivity index (χ4v) is 2.51. The first kappa shape index (κ1) is 12.9. The molecule has 2 rings (SSSR count). The highest BCUT2D eigenvalue weighted by molar-refractivity contribution is 5.99. The molecule has 0 bridgehead atoms. The summed E-state index contributed by atoms with van der Waals surface area (Å²) >= 11 is 0. The summed E-state index contributed by atoms with van der Waals surface area (Å²) in [7, 11) is 3.24. The van der Waals surface area contributed by atoms with Crippen LogP contribution in [0.3, 0.4) is 0 Å². The van der Waals surface area contributed by atoms with Crippen LogP contribution in [-0.4, -0.2) is 20.0 Å². The molecule has 0 spiro atoms. The summed E-state index contributed by atoms with van der Waals surface area (Å²) in [4.78, 5) is 12.3. The van der Waals surface area contributed by atoms with E-state index in [-0.39, 0.29) is 11.2 Å². The predicted molar refractivity (Wildman–Crippen MR) is 70.6 cm³/mol. The maximum atomic E-state index is 12.3. The summed E-state index contributed by atoms with van der Waals surface area (Å²) in [6.45, 7) is 4.28. The number of carbonyl (C=O) groups is 1. The molecule has 1 aromatic rings. The van der Waals surface area contributed by atoms with Crippen molar-refractivity contribution in [3.63, 3.8) is 0 Å². The van der Waals surface area contributed by atoms with Crippen molar-refractivity contribution in [3.8, 4) is 11.5 Å². The highest BCUT2D eigenvalue weighted by Gasteiger charge is 2.30. The number of fused-ring (bicyclic) bond motifs is 1. The number of Topliss-reactive ketones (excluding diaryl/α,β-unsaturated/α-hetero) is 1. The fraction of sp³-hybridized carbons (Fsp3) is 0.533. The molecule has 1 aliphatic carbocycles. The minimum atomic E-state index is 0.0500. The smallest absolute Gasteiger partial charge is 0.163 e. The lowest BCUT2D eigenvalue weighted by atomic mass is 9.84. The molecule has 0 aliphatic heterocycles. The third-order valence-electron chi connectivity index (χ3n) is 3.63. The van der Waals surface area contributed by atoms with Crippen molar-refractivity contribution in [3.05, 3.63) is 23.3 Å². The van der Waals surface area contributed by atoms with Crippen molar-refractivity contribution >= 4 is 5.78 Å². The van der Waals surface area contributed by atoms with E-state index in [2.05, 4.69) is 13.8 Å². The average Bonchev–Trinajstić information content (AvgIpc) is 2.45. The van der Waals surface area contributed by atoms with E-state index in [4.69, 9.17) is 9.47 Å². The molecule has 0 amide bonds. The number of rotatable bonds is 2. The number of ketones is 1. The third kappa shape index (κ3) is 2.35. The lowest BCUT2D eigenvalue weighted by Gasteiger charge is -2.20. The van der Waals surface area contributed by atoms with Gasteiger partial charge in [0, 0.05) is 23.6 Å². The molecule has 3 heteroatoms. The second-order valence-electron chi connectivity index (χ2n) is 5.62. The van der Waals surface area contributed by atoms with Crippen LogP contribution in [0.2, 0.25) is 0 Å². The lowest BCUT2D eigenvalue weighted by molar-refractivity contribution is 0.0934. The van der Waals surface area contributed by atoms with Gasteiger partial charge < -0.3 is 9.47 Å².